The van der Waals surface area contributed by atoms with Gasteiger partial charge in [0.05, 0.1) is 5.39 Å². The van der Waals surface area contributed by atoms with Gasteiger partial charge in [0.2, 0.25) is 0 Å². The molecule has 0 N–H and O–H groups in total. The van der Waals surface area contributed by atoms with Crippen LogP contribution in [0, 0.1) is 0 Å². The Morgan fingerprint density at radius 2 is 1.55 bits per heavy atom. The van der Waals surface area contributed by atoms with Crippen LogP contribution in [0.5, 0.6) is 0 Å². The van der Waals surface area contributed by atoms with Crippen LogP contribution in [0.1, 0.15) is 12.0 Å². The summed E-state index contributed by atoms with van der Waals surface area (Å²) in [7, 11) is 0. The highest BCUT2D eigenvalue weighted by molar-refractivity contribution is 5.76. The third-order valence-electron chi connectivity index (χ3n) is 5.40. The summed E-state index contributed by atoms with van der Waals surface area (Å²) in [5.41, 5.74) is 1.73. The SMILES string of the molecule is O=c1c2ccccc2nnn1OCCCN1CCN(CCc2ccccc2)CC1. The fourth-order valence-electron chi connectivity index (χ4n) is 3.67. The first-order valence-corrected chi connectivity index (χ1v) is 10.3. The third-order valence-corrected chi connectivity index (χ3v) is 5.40. The summed E-state index contributed by atoms with van der Waals surface area (Å²) in [4.78, 5) is 23.9. The minimum atomic E-state index is -0.261. The van der Waals surface area contributed by atoms with Gasteiger partial charge in [-0.3, -0.25) is 4.79 Å². The molecule has 7 nitrogen and oxygen atoms in total. The van der Waals surface area contributed by atoms with E-state index in [-0.39, 0.29) is 5.56 Å². The second kappa shape index (κ2) is 9.62. The highest BCUT2D eigenvalue weighted by Crippen LogP contribution is 2.06. The Labute approximate surface area is 170 Å². The smallest absolute Gasteiger partial charge is 0.314 e. The maximum atomic E-state index is 12.3. The lowest BCUT2D eigenvalue weighted by molar-refractivity contribution is 0.0551. The summed E-state index contributed by atoms with van der Waals surface area (Å²) in [5, 5.41) is 8.41. The molecular weight excluding hydrogens is 366 g/mol. The minimum absolute atomic E-state index is 0.261. The van der Waals surface area contributed by atoms with Crippen LogP contribution in [0.3, 0.4) is 0 Å². The van der Waals surface area contributed by atoms with Crippen molar-refractivity contribution in [3.05, 3.63) is 70.5 Å². The van der Waals surface area contributed by atoms with Crippen molar-refractivity contribution in [2.24, 2.45) is 0 Å². The van der Waals surface area contributed by atoms with Gasteiger partial charge in [-0.15, -0.1) is 5.10 Å². The number of rotatable bonds is 8. The van der Waals surface area contributed by atoms with Crippen molar-refractivity contribution in [3.8, 4) is 0 Å². The van der Waals surface area contributed by atoms with Crippen LogP contribution < -0.4 is 10.4 Å². The molecule has 0 amide bonds. The van der Waals surface area contributed by atoms with Gasteiger partial charge in [0, 0.05) is 39.3 Å². The standard InChI is InChI=1S/C22H27N5O2/c28-22-20-9-4-5-10-21(20)23-24-27(22)29-18-6-12-25-14-16-26(17-15-25)13-11-19-7-2-1-3-8-19/h1-5,7-10H,6,11-18H2. The van der Waals surface area contributed by atoms with E-state index in [0.717, 1.165) is 57.0 Å². The predicted octanol–water partition coefficient (Wildman–Crippen LogP) is 1.47. The van der Waals surface area contributed by atoms with Crippen molar-refractivity contribution in [2.45, 2.75) is 12.8 Å². The highest BCUT2D eigenvalue weighted by Gasteiger charge is 2.16. The number of hydrogen-bond acceptors (Lipinski definition) is 6. The van der Waals surface area contributed by atoms with Gasteiger partial charge < -0.3 is 14.6 Å². The number of fused-ring (bicyclic) bond motifs is 1. The molecule has 1 aromatic heterocycles. The molecule has 2 aromatic carbocycles. The fraction of sp³-hybridized carbons (Fsp3) is 0.409. The number of hydrogen-bond donors (Lipinski definition) is 0. The predicted molar refractivity (Wildman–Crippen MR) is 113 cm³/mol. The Hall–Kier alpha value is -2.77. The Morgan fingerprint density at radius 3 is 2.34 bits per heavy atom. The molecule has 1 fully saturated rings. The number of aromatic nitrogens is 3. The zero-order valence-electron chi connectivity index (χ0n) is 16.6. The first-order valence-electron chi connectivity index (χ1n) is 10.3. The van der Waals surface area contributed by atoms with Crippen molar-refractivity contribution in [1.82, 2.24) is 25.0 Å². The third kappa shape index (κ3) is 5.19. The second-order valence-corrected chi connectivity index (χ2v) is 7.39. The topological polar surface area (TPSA) is 63.5 Å². The Balaban J connectivity index is 1.16. The Morgan fingerprint density at radius 1 is 0.862 bits per heavy atom. The van der Waals surface area contributed by atoms with Gasteiger partial charge in [-0.1, -0.05) is 42.5 Å². The van der Waals surface area contributed by atoms with E-state index in [0.29, 0.717) is 17.5 Å². The van der Waals surface area contributed by atoms with E-state index >= 15 is 0 Å². The molecule has 2 heterocycles. The normalized spacial score (nSPS) is 15.6. The Kier molecular flexibility index (Phi) is 6.49. The summed E-state index contributed by atoms with van der Waals surface area (Å²) in [6.07, 6.45) is 1.96. The molecule has 1 aliphatic heterocycles. The van der Waals surface area contributed by atoms with Crippen molar-refractivity contribution < 1.29 is 4.84 Å². The summed E-state index contributed by atoms with van der Waals surface area (Å²) >= 11 is 0. The van der Waals surface area contributed by atoms with Crippen LogP contribution in [-0.4, -0.2) is 70.8 Å². The first kappa shape index (κ1) is 19.5. The number of piperazine rings is 1. The summed E-state index contributed by atoms with van der Waals surface area (Å²) in [5.74, 6) is 0. The average molecular weight is 393 g/mol. The van der Waals surface area contributed by atoms with Crippen molar-refractivity contribution in [1.29, 1.82) is 0 Å². The molecule has 4 rings (SSSR count). The quantitative estimate of drug-likeness (QED) is 0.540. The van der Waals surface area contributed by atoms with Crippen LogP contribution in [0.4, 0.5) is 0 Å². The van der Waals surface area contributed by atoms with E-state index < -0.39 is 0 Å². The second-order valence-electron chi connectivity index (χ2n) is 7.39. The van der Waals surface area contributed by atoms with E-state index in [2.05, 4.69) is 50.4 Å². The first-order chi connectivity index (χ1) is 14.3. The Bertz CT molecular complexity index is 968. The van der Waals surface area contributed by atoms with E-state index in [1.807, 2.05) is 12.1 Å². The lowest BCUT2D eigenvalue weighted by Crippen LogP contribution is -2.47. The molecule has 0 atom stereocenters. The monoisotopic (exact) mass is 393 g/mol. The molecule has 29 heavy (non-hydrogen) atoms. The molecule has 0 saturated carbocycles. The van der Waals surface area contributed by atoms with Crippen molar-refractivity contribution in [2.75, 3.05) is 45.9 Å². The molecule has 1 saturated heterocycles. The van der Waals surface area contributed by atoms with E-state index in [9.17, 15) is 4.79 Å². The fourth-order valence-corrected chi connectivity index (χ4v) is 3.67. The molecule has 0 bridgehead atoms. The van der Waals surface area contributed by atoms with Crippen LogP contribution in [0.2, 0.25) is 0 Å². The molecule has 1 aliphatic rings. The van der Waals surface area contributed by atoms with Crippen molar-refractivity contribution >= 4 is 10.9 Å². The summed E-state index contributed by atoms with van der Waals surface area (Å²) in [6.45, 7) is 6.87. The summed E-state index contributed by atoms with van der Waals surface area (Å²) < 4.78 is 0. The van der Waals surface area contributed by atoms with Gasteiger partial charge in [0.25, 0.3) is 0 Å². The van der Waals surface area contributed by atoms with E-state index in [1.165, 1.54) is 5.56 Å². The van der Waals surface area contributed by atoms with E-state index in [1.54, 1.807) is 12.1 Å². The van der Waals surface area contributed by atoms with Crippen molar-refractivity contribution in [3.63, 3.8) is 0 Å². The zero-order valence-corrected chi connectivity index (χ0v) is 16.6. The zero-order chi connectivity index (χ0) is 19.9. The molecule has 3 aromatic rings. The molecule has 0 unspecified atom stereocenters. The summed E-state index contributed by atoms with van der Waals surface area (Å²) in [6, 6.07) is 17.8. The van der Waals surface area contributed by atoms with Gasteiger partial charge in [0.15, 0.2) is 0 Å². The molecule has 0 radical (unpaired) electrons. The van der Waals surface area contributed by atoms with Gasteiger partial charge in [-0.2, -0.15) is 0 Å². The number of nitrogens with zero attached hydrogens (tertiary/aromatic N) is 5. The van der Waals surface area contributed by atoms with Gasteiger partial charge >= 0.3 is 5.56 Å². The molecule has 0 aliphatic carbocycles. The molecular formula is C22H27N5O2. The highest BCUT2D eigenvalue weighted by atomic mass is 16.7. The molecule has 0 spiro atoms. The van der Waals surface area contributed by atoms with Crippen LogP contribution in [0.15, 0.2) is 59.4 Å². The van der Waals surface area contributed by atoms with E-state index in [4.69, 9.17) is 4.84 Å². The minimum Gasteiger partial charge on any atom is -0.392 e. The largest absolute Gasteiger partial charge is 0.392 e. The van der Waals surface area contributed by atoms with Gasteiger partial charge in [0.1, 0.15) is 12.1 Å². The average Bonchev–Trinajstić information content (AvgIpc) is 2.78. The maximum Gasteiger partial charge on any atom is 0.314 e. The van der Waals surface area contributed by atoms with Gasteiger partial charge in [-0.05, 0) is 40.6 Å². The lowest BCUT2D eigenvalue weighted by Gasteiger charge is -2.34. The van der Waals surface area contributed by atoms with Crippen LogP contribution >= 0.6 is 0 Å². The van der Waals surface area contributed by atoms with Crippen LogP contribution in [-0.2, 0) is 6.42 Å². The number of benzene rings is 2. The van der Waals surface area contributed by atoms with Gasteiger partial charge in [-0.25, -0.2) is 0 Å². The lowest BCUT2D eigenvalue weighted by atomic mass is 10.1. The molecule has 7 heteroatoms. The molecule has 152 valence electrons. The maximum absolute atomic E-state index is 12.3. The van der Waals surface area contributed by atoms with Crippen LogP contribution in [0.25, 0.3) is 10.9 Å².